The first-order chi connectivity index (χ1) is 15.6. The number of aromatic amines is 1. The summed E-state index contributed by atoms with van der Waals surface area (Å²) in [5, 5.41) is 8.23. The van der Waals surface area contributed by atoms with Crippen LogP contribution in [0, 0.1) is 5.92 Å². The summed E-state index contributed by atoms with van der Waals surface area (Å²) in [6.07, 6.45) is 4.24. The number of nitrogens with one attached hydrogen (secondary N) is 1. The van der Waals surface area contributed by atoms with Crippen molar-refractivity contribution in [1.29, 1.82) is 0 Å². The van der Waals surface area contributed by atoms with E-state index in [2.05, 4.69) is 15.2 Å². The van der Waals surface area contributed by atoms with Crippen LogP contribution < -0.4 is 10.3 Å². The van der Waals surface area contributed by atoms with Crippen molar-refractivity contribution in [2.45, 2.75) is 38.6 Å². The minimum absolute atomic E-state index is 0.0448. The third-order valence-corrected chi connectivity index (χ3v) is 5.87. The largest absolute Gasteiger partial charge is 0.493 e. The van der Waals surface area contributed by atoms with E-state index in [1.54, 1.807) is 11.9 Å². The average molecular weight is 433 g/mol. The molecule has 0 bridgehead atoms. The van der Waals surface area contributed by atoms with E-state index in [1.165, 1.54) is 19.3 Å². The Kier molecular flexibility index (Phi) is 6.94. The second-order valence-corrected chi connectivity index (χ2v) is 8.32. The molecular weight excluding hydrogens is 404 g/mol. The van der Waals surface area contributed by atoms with Crippen LogP contribution in [-0.2, 0) is 17.8 Å². The molecule has 1 aromatic heterocycles. The Morgan fingerprint density at radius 1 is 1.09 bits per heavy atom. The first kappa shape index (κ1) is 21.7. The Bertz CT molecular complexity index is 1090. The number of nitrogens with zero attached hydrogens (tertiary/aromatic N) is 3. The Labute approximate surface area is 187 Å². The maximum atomic E-state index is 12.5. The zero-order valence-electron chi connectivity index (χ0n) is 18.3. The number of rotatable bonds is 9. The van der Waals surface area contributed by atoms with E-state index < -0.39 is 0 Å². The highest BCUT2D eigenvalue weighted by Crippen LogP contribution is 2.27. The summed E-state index contributed by atoms with van der Waals surface area (Å²) in [6.45, 7) is 1.28. The fourth-order valence-corrected chi connectivity index (χ4v) is 3.60. The van der Waals surface area contributed by atoms with E-state index in [0.29, 0.717) is 18.3 Å². The SMILES string of the molecule is CN(Cc1ccccc1)C(=O)CCc1nnc(-c2ccc(OCC3CCC3)cc2)[nH]c1=O. The van der Waals surface area contributed by atoms with E-state index in [4.69, 9.17) is 4.74 Å². The van der Waals surface area contributed by atoms with Gasteiger partial charge in [-0.05, 0) is 48.6 Å². The van der Waals surface area contributed by atoms with Crippen LogP contribution in [0.2, 0.25) is 0 Å². The number of aromatic nitrogens is 3. The number of aryl methyl sites for hydroxylation is 1. The van der Waals surface area contributed by atoms with E-state index in [0.717, 1.165) is 23.5 Å². The van der Waals surface area contributed by atoms with Crippen LogP contribution in [0.15, 0.2) is 59.4 Å². The number of benzene rings is 2. The molecule has 1 heterocycles. The predicted molar refractivity (Wildman–Crippen MR) is 122 cm³/mol. The molecule has 3 aromatic rings. The normalized spacial score (nSPS) is 13.4. The number of carbonyl (C=O) groups is 1. The van der Waals surface area contributed by atoms with Crippen molar-refractivity contribution in [3.63, 3.8) is 0 Å². The van der Waals surface area contributed by atoms with Gasteiger partial charge in [0.2, 0.25) is 5.91 Å². The van der Waals surface area contributed by atoms with Crippen molar-refractivity contribution in [3.8, 4) is 17.1 Å². The van der Waals surface area contributed by atoms with Crippen LogP contribution in [0.25, 0.3) is 11.4 Å². The highest BCUT2D eigenvalue weighted by molar-refractivity contribution is 5.76. The molecule has 1 N–H and O–H groups in total. The lowest BCUT2D eigenvalue weighted by Crippen LogP contribution is -2.27. The van der Waals surface area contributed by atoms with Gasteiger partial charge in [0, 0.05) is 32.0 Å². The Balaban J connectivity index is 1.31. The molecule has 7 nitrogen and oxygen atoms in total. The predicted octanol–water partition coefficient (Wildman–Crippen LogP) is 3.60. The van der Waals surface area contributed by atoms with Gasteiger partial charge in [-0.3, -0.25) is 9.59 Å². The van der Waals surface area contributed by atoms with Gasteiger partial charge >= 0.3 is 0 Å². The third kappa shape index (κ3) is 5.60. The number of hydrogen-bond acceptors (Lipinski definition) is 5. The Hall–Kier alpha value is -3.48. The summed E-state index contributed by atoms with van der Waals surface area (Å²) in [6, 6.07) is 17.3. The van der Waals surface area contributed by atoms with Gasteiger partial charge in [-0.2, -0.15) is 0 Å². The summed E-state index contributed by atoms with van der Waals surface area (Å²) in [5.74, 6) is 1.84. The third-order valence-electron chi connectivity index (χ3n) is 5.87. The number of H-pyrrole nitrogens is 1. The van der Waals surface area contributed by atoms with Crippen LogP contribution in [0.5, 0.6) is 5.75 Å². The number of ether oxygens (including phenoxy) is 1. The molecule has 4 rings (SSSR count). The molecule has 2 aromatic carbocycles. The molecular formula is C25H28N4O3. The van der Waals surface area contributed by atoms with Crippen LogP contribution in [0.4, 0.5) is 0 Å². The van der Waals surface area contributed by atoms with Gasteiger partial charge in [0.1, 0.15) is 11.4 Å². The Morgan fingerprint density at radius 3 is 2.50 bits per heavy atom. The number of hydrogen-bond donors (Lipinski definition) is 1. The lowest BCUT2D eigenvalue weighted by atomic mass is 9.86. The molecule has 0 spiro atoms. The van der Waals surface area contributed by atoms with Crippen molar-refractivity contribution in [2.75, 3.05) is 13.7 Å². The van der Waals surface area contributed by atoms with Crippen molar-refractivity contribution < 1.29 is 9.53 Å². The van der Waals surface area contributed by atoms with Crippen LogP contribution in [0.1, 0.15) is 36.9 Å². The van der Waals surface area contributed by atoms with Gasteiger partial charge in [0.25, 0.3) is 5.56 Å². The van der Waals surface area contributed by atoms with Gasteiger partial charge < -0.3 is 14.6 Å². The van der Waals surface area contributed by atoms with E-state index in [1.807, 2.05) is 54.6 Å². The molecule has 166 valence electrons. The fraction of sp³-hybridized carbons (Fsp3) is 0.360. The lowest BCUT2D eigenvalue weighted by molar-refractivity contribution is -0.130. The van der Waals surface area contributed by atoms with Crippen LogP contribution in [0.3, 0.4) is 0 Å². The number of carbonyl (C=O) groups excluding carboxylic acids is 1. The van der Waals surface area contributed by atoms with Crippen molar-refractivity contribution >= 4 is 5.91 Å². The van der Waals surface area contributed by atoms with Crippen molar-refractivity contribution in [2.24, 2.45) is 5.92 Å². The minimum atomic E-state index is -0.321. The fourth-order valence-electron chi connectivity index (χ4n) is 3.60. The summed E-state index contributed by atoms with van der Waals surface area (Å²) < 4.78 is 5.81. The van der Waals surface area contributed by atoms with Gasteiger partial charge in [0.15, 0.2) is 5.82 Å². The zero-order chi connectivity index (χ0) is 22.3. The van der Waals surface area contributed by atoms with Gasteiger partial charge in [0.05, 0.1) is 6.61 Å². The number of amides is 1. The molecule has 7 heteroatoms. The smallest absolute Gasteiger partial charge is 0.273 e. The first-order valence-electron chi connectivity index (χ1n) is 11.1. The maximum absolute atomic E-state index is 12.5. The molecule has 0 atom stereocenters. The highest BCUT2D eigenvalue weighted by atomic mass is 16.5. The maximum Gasteiger partial charge on any atom is 0.273 e. The topological polar surface area (TPSA) is 88.2 Å². The summed E-state index contributed by atoms with van der Waals surface area (Å²) >= 11 is 0. The molecule has 1 aliphatic rings. The standard InChI is InChI=1S/C25H28N4O3/c1-29(16-18-6-3-2-4-7-18)23(30)15-14-22-25(31)26-24(28-27-22)20-10-12-21(13-11-20)32-17-19-8-5-9-19/h2-4,6-7,10-13,19H,5,8-9,14-17H2,1H3,(H,26,28,31). The molecule has 1 saturated carbocycles. The molecule has 0 radical (unpaired) electrons. The van der Waals surface area contributed by atoms with Crippen LogP contribution >= 0.6 is 0 Å². The molecule has 1 aliphatic carbocycles. The zero-order valence-corrected chi connectivity index (χ0v) is 18.3. The summed E-state index contributed by atoms with van der Waals surface area (Å²) in [5.41, 5.74) is 1.76. The van der Waals surface area contributed by atoms with Crippen molar-refractivity contribution in [3.05, 3.63) is 76.2 Å². The van der Waals surface area contributed by atoms with Gasteiger partial charge in [-0.25, -0.2) is 0 Å². The lowest BCUT2D eigenvalue weighted by Gasteiger charge is -2.25. The highest BCUT2D eigenvalue weighted by Gasteiger charge is 2.18. The Morgan fingerprint density at radius 2 is 1.84 bits per heavy atom. The monoisotopic (exact) mass is 432 g/mol. The first-order valence-corrected chi connectivity index (χ1v) is 11.1. The molecule has 0 saturated heterocycles. The molecule has 32 heavy (non-hydrogen) atoms. The molecule has 0 aliphatic heterocycles. The van der Waals surface area contributed by atoms with Gasteiger partial charge in [-0.15, -0.1) is 10.2 Å². The van der Waals surface area contributed by atoms with Crippen LogP contribution in [-0.4, -0.2) is 39.6 Å². The average Bonchev–Trinajstić information content (AvgIpc) is 2.78. The van der Waals surface area contributed by atoms with E-state index >= 15 is 0 Å². The minimum Gasteiger partial charge on any atom is -0.493 e. The summed E-state index contributed by atoms with van der Waals surface area (Å²) in [7, 11) is 1.76. The second-order valence-electron chi connectivity index (χ2n) is 8.32. The summed E-state index contributed by atoms with van der Waals surface area (Å²) in [4.78, 5) is 29.3. The second kappa shape index (κ2) is 10.2. The quantitative estimate of drug-likeness (QED) is 0.558. The molecule has 0 unspecified atom stereocenters. The van der Waals surface area contributed by atoms with Gasteiger partial charge in [-0.1, -0.05) is 36.8 Å². The molecule has 1 fully saturated rings. The van der Waals surface area contributed by atoms with E-state index in [9.17, 15) is 9.59 Å². The molecule has 1 amide bonds. The van der Waals surface area contributed by atoms with Crippen molar-refractivity contribution in [1.82, 2.24) is 20.1 Å². The van der Waals surface area contributed by atoms with E-state index in [-0.39, 0.29) is 30.0 Å².